The molecule has 1 aliphatic carbocycles. The molecule has 2 heteroatoms. The monoisotopic (exact) mass is 263 g/mol. The Hall–Kier alpha value is -0.860. The molecular weight excluding hydrogens is 234 g/mol. The van der Waals surface area contributed by atoms with Gasteiger partial charge in [0.2, 0.25) is 0 Å². The largest absolute Gasteiger partial charge is 0.395 e. The van der Waals surface area contributed by atoms with Gasteiger partial charge in [-0.3, -0.25) is 0 Å². The van der Waals surface area contributed by atoms with Crippen LogP contribution in [0.25, 0.3) is 0 Å². The van der Waals surface area contributed by atoms with E-state index in [4.69, 9.17) is 0 Å². The number of aliphatic hydroxyl groups is 1. The average Bonchev–Trinajstić information content (AvgIpc) is 3.27. The first kappa shape index (κ1) is 16.2. The highest BCUT2D eigenvalue weighted by atomic mass is 16.3. The Bertz CT molecular complexity index is 332. The number of aliphatic hydroxyl groups excluding tert-OH is 1. The number of benzene rings is 1. The summed E-state index contributed by atoms with van der Waals surface area (Å²) >= 11 is 0. The van der Waals surface area contributed by atoms with Crippen LogP contribution in [0.4, 0.5) is 0 Å². The standard InChI is InChI=1S/C15H23NO.C2H6/c1-11(2)14(10-17)16-15(13-8-9-13)12-6-4-3-5-7-12;1-2/h3-7,11,13-17H,8-10H2,1-2H3;1-2H3/t14-,15?;/m1./s1. The summed E-state index contributed by atoms with van der Waals surface area (Å²) in [5.74, 6) is 1.22. The summed E-state index contributed by atoms with van der Waals surface area (Å²) in [5.41, 5.74) is 1.36. The van der Waals surface area contributed by atoms with Crippen molar-refractivity contribution in [2.45, 2.75) is 52.6 Å². The SMILES string of the molecule is CC.CC(C)[C@@H](CO)NC(c1ccccc1)C1CC1. The highest BCUT2D eigenvalue weighted by Crippen LogP contribution is 2.41. The minimum atomic E-state index is 0.195. The fourth-order valence-corrected chi connectivity index (χ4v) is 2.28. The number of hydrogen-bond acceptors (Lipinski definition) is 2. The minimum absolute atomic E-state index is 0.195. The van der Waals surface area contributed by atoms with Gasteiger partial charge in [0.05, 0.1) is 6.61 Å². The Kier molecular flexibility index (Phi) is 7.11. The van der Waals surface area contributed by atoms with Gasteiger partial charge >= 0.3 is 0 Å². The number of rotatable bonds is 6. The minimum Gasteiger partial charge on any atom is -0.395 e. The molecule has 2 atom stereocenters. The molecule has 2 rings (SSSR count). The first-order valence-corrected chi connectivity index (χ1v) is 7.64. The molecule has 0 heterocycles. The molecule has 1 saturated carbocycles. The van der Waals surface area contributed by atoms with Crippen LogP contribution in [0.5, 0.6) is 0 Å². The molecule has 0 spiro atoms. The van der Waals surface area contributed by atoms with Crippen LogP contribution >= 0.6 is 0 Å². The van der Waals surface area contributed by atoms with E-state index in [-0.39, 0.29) is 12.6 Å². The highest BCUT2D eigenvalue weighted by molar-refractivity contribution is 5.21. The van der Waals surface area contributed by atoms with Gasteiger partial charge in [0, 0.05) is 12.1 Å². The predicted octanol–water partition coefficient (Wildman–Crippen LogP) is 3.77. The fourth-order valence-electron chi connectivity index (χ4n) is 2.28. The van der Waals surface area contributed by atoms with Crippen molar-refractivity contribution in [3.8, 4) is 0 Å². The van der Waals surface area contributed by atoms with Crippen molar-refractivity contribution in [3.63, 3.8) is 0 Å². The van der Waals surface area contributed by atoms with Crippen LogP contribution < -0.4 is 5.32 Å². The fraction of sp³-hybridized carbons (Fsp3) is 0.647. The van der Waals surface area contributed by atoms with Gasteiger partial charge in [-0.1, -0.05) is 58.0 Å². The summed E-state index contributed by atoms with van der Waals surface area (Å²) in [6.45, 7) is 8.53. The lowest BCUT2D eigenvalue weighted by Crippen LogP contribution is -2.40. The second-order valence-electron chi connectivity index (χ2n) is 5.43. The Morgan fingerprint density at radius 3 is 2.16 bits per heavy atom. The van der Waals surface area contributed by atoms with Gasteiger partial charge in [0.25, 0.3) is 0 Å². The van der Waals surface area contributed by atoms with Crippen molar-refractivity contribution in [2.75, 3.05) is 6.61 Å². The second-order valence-corrected chi connectivity index (χ2v) is 5.43. The van der Waals surface area contributed by atoms with E-state index in [1.165, 1.54) is 18.4 Å². The van der Waals surface area contributed by atoms with E-state index < -0.39 is 0 Å². The maximum atomic E-state index is 9.43. The molecule has 0 saturated heterocycles. The highest BCUT2D eigenvalue weighted by Gasteiger charge is 2.33. The average molecular weight is 263 g/mol. The summed E-state index contributed by atoms with van der Waals surface area (Å²) < 4.78 is 0. The normalized spacial score (nSPS) is 17.6. The lowest BCUT2D eigenvalue weighted by Gasteiger charge is -2.27. The molecule has 0 amide bonds. The van der Waals surface area contributed by atoms with Gasteiger partial charge in [-0.25, -0.2) is 0 Å². The van der Waals surface area contributed by atoms with Gasteiger partial charge in [0.15, 0.2) is 0 Å². The summed E-state index contributed by atoms with van der Waals surface area (Å²) in [6, 6.07) is 11.2. The zero-order valence-corrected chi connectivity index (χ0v) is 12.8. The summed E-state index contributed by atoms with van der Waals surface area (Å²) in [7, 11) is 0. The van der Waals surface area contributed by atoms with E-state index >= 15 is 0 Å². The van der Waals surface area contributed by atoms with Gasteiger partial charge in [-0.05, 0) is 30.2 Å². The van der Waals surface area contributed by atoms with Crippen LogP contribution in [0.2, 0.25) is 0 Å². The van der Waals surface area contributed by atoms with E-state index in [2.05, 4.69) is 49.5 Å². The Labute approximate surface area is 118 Å². The van der Waals surface area contributed by atoms with Crippen molar-refractivity contribution in [1.82, 2.24) is 5.32 Å². The molecule has 2 N–H and O–H groups in total. The van der Waals surface area contributed by atoms with E-state index in [9.17, 15) is 5.11 Å². The first-order valence-electron chi connectivity index (χ1n) is 7.64. The third kappa shape index (κ3) is 4.96. The lowest BCUT2D eigenvalue weighted by atomic mass is 9.98. The molecule has 1 aromatic carbocycles. The topological polar surface area (TPSA) is 32.3 Å². The van der Waals surface area contributed by atoms with Crippen molar-refractivity contribution < 1.29 is 5.11 Å². The molecule has 19 heavy (non-hydrogen) atoms. The quantitative estimate of drug-likeness (QED) is 0.819. The molecule has 0 aromatic heterocycles. The van der Waals surface area contributed by atoms with E-state index in [0.29, 0.717) is 12.0 Å². The van der Waals surface area contributed by atoms with Gasteiger partial charge in [0.1, 0.15) is 0 Å². The van der Waals surface area contributed by atoms with Crippen LogP contribution in [-0.4, -0.2) is 17.8 Å². The summed E-state index contributed by atoms with van der Waals surface area (Å²) in [4.78, 5) is 0. The molecule has 1 aliphatic rings. The van der Waals surface area contributed by atoms with Crippen LogP contribution in [0.3, 0.4) is 0 Å². The molecule has 2 nitrogen and oxygen atoms in total. The van der Waals surface area contributed by atoms with Crippen molar-refractivity contribution in [3.05, 3.63) is 35.9 Å². The lowest BCUT2D eigenvalue weighted by molar-refractivity contribution is 0.194. The zero-order chi connectivity index (χ0) is 14.3. The van der Waals surface area contributed by atoms with Gasteiger partial charge < -0.3 is 10.4 Å². The number of hydrogen-bond donors (Lipinski definition) is 2. The Morgan fingerprint density at radius 1 is 1.16 bits per heavy atom. The van der Waals surface area contributed by atoms with Crippen LogP contribution in [0.1, 0.15) is 52.1 Å². The first-order chi connectivity index (χ1) is 9.22. The maximum absolute atomic E-state index is 9.43. The van der Waals surface area contributed by atoms with Gasteiger partial charge in [-0.2, -0.15) is 0 Å². The smallest absolute Gasteiger partial charge is 0.0587 e. The maximum Gasteiger partial charge on any atom is 0.0587 e. The molecule has 108 valence electrons. The zero-order valence-electron chi connectivity index (χ0n) is 12.8. The van der Waals surface area contributed by atoms with Gasteiger partial charge in [-0.15, -0.1) is 0 Å². The molecule has 1 fully saturated rings. The molecule has 0 bridgehead atoms. The summed E-state index contributed by atoms with van der Waals surface area (Å²) in [5, 5.41) is 13.1. The van der Waals surface area contributed by atoms with E-state index in [1.807, 2.05) is 13.8 Å². The van der Waals surface area contributed by atoms with Crippen molar-refractivity contribution in [2.24, 2.45) is 11.8 Å². The van der Waals surface area contributed by atoms with E-state index in [0.717, 1.165) is 5.92 Å². The predicted molar refractivity (Wildman–Crippen MR) is 82.1 cm³/mol. The van der Waals surface area contributed by atoms with Crippen LogP contribution in [0, 0.1) is 11.8 Å². The molecular formula is C17H29NO. The molecule has 1 aromatic rings. The number of nitrogens with one attached hydrogen (secondary N) is 1. The third-order valence-electron chi connectivity index (χ3n) is 3.65. The van der Waals surface area contributed by atoms with Crippen molar-refractivity contribution in [1.29, 1.82) is 0 Å². The second kappa shape index (κ2) is 8.34. The third-order valence-corrected chi connectivity index (χ3v) is 3.65. The Balaban J connectivity index is 0.000000861. The molecule has 1 unspecified atom stereocenters. The van der Waals surface area contributed by atoms with Crippen LogP contribution in [-0.2, 0) is 0 Å². The molecule has 0 aliphatic heterocycles. The Morgan fingerprint density at radius 2 is 1.74 bits per heavy atom. The molecule has 0 radical (unpaired) electrons. The van der Waals surface area contributed by atoms with E-state index in [1.54, 1.807) is 0 Å². The van der Waals surface area contributed by atoms with Crippen LogP contribution in [0.15, 0.2) is 30.3 Å². The summed E-state index contributed by atoms with van der Waals surface area (Å²) in [6.07, 6.45) is 2.62. The van der Waals surface area contributed by atoms with Crippen molar-refractivity contribution >= 4 is 0 Å².